The first-order chi connectivity index (χ1) is 9.59. The van der Waals surface area contributed by atoms with Crippen LogP contribution in [0, 0.1) is 5.21 Å². The molecule has 20 heavy (non-hydrogen) atoms. The van der Waals surface area contributed by atoms with Gasteiger partial charge in [-0.1, -0.05) is 24.3 Å². The van der Waals surface area contributed by atoms with E-state index in [0.717, 1.165) is 16.2 Å². The van der Waals surface area contributed by atoms with Gasteiger partial charge in [0.15, 0.2) is 0 Å². The number of carbonyl (C=O) groups is 1. The Morgan fingerprint density at radius 2 is 2.10 bits per heavy atom. The first kappa shape index (κ1) is 12.5. The highest BCUT2D eigenvalue weighted by Gasteiger charge is 2.65. The lowest BCUT2D eigenvalue weighted by Gasteiger charge is -2.64. The summed E-state index contributed by atoms with van der Waals surface area (Å²) in [6.07, 6.45) is 2.74. The first-order valence-corrected chi connectivity index (χ1v) is 7.37. The lowest BCUT2D eigenvalue weighted by molar-refractivity contribution is -0.171. The van der Waals surface area contributed by atoms with Crippen LogP contribution in [0.2, 0.25) is 0 Å². The zero-order valence-electron chi connectivity index (χ0n) is 11.3. The Balaban J connectivity index is 2.02. The highest BCUT2D eigenvalue weighted by atomic mass is 16.5. The topological polar surface area (TPSA) is 63.6 Å². The maximum atomic E-state index is 12.8. The van der Waals surface area contributed by atoms with Crippen LogP contribution in [0.15, 0.2) is 24.3 Å². The minimum Gasteiger partial charge on any atom is -0.785 e. The van der Waals surface area contributed by atoms with E-state index in [9.17, 15) is 15.1 Å². The van der Waals surface area contributed by atoms with Gasteiger partial charge in [-0.2, -0.15) is 0 Å². The molecule has 0 aromatic heterocycles. The lowest BCUT2D eigenvalue weighted by Crippen LogP contribution is -2.74. The maximum Gasteiger partial charge on any atom is 0.146 e. The van der Waals surface area contributed by atoms with Crippen LogP contribution in [-0.4, -0.2) is 34.1 Å². The van der Waals surface area contributed by atoms with Gasteiger partial charge < -0.3 is 15.4 Å². The smallest absolute Gasteiger partial charge is 0.146 e. The number of fused-ring (bicyclic) bond motifs is 1. The van der Waals surface area contributed by atoms with Gasteiger partial charge in [0.1, 0.15) is 5.78 Å². The number of piperidine rings is 1. The molecule has 2 bridgehead atoms. The zero-order chi connectivity index (χ0) is 14.0. The molecule has 0 unspecified atom stereocenters. The van der Waals surface area contributed by atoms with Crippen LogP contribution in [0.5, 0.6) is 0 Å². The van der Waals surface area contributed by atoms with E-state index in [-0.39, 0.29) is 5.78 Å². The van der Waals surface area contributed by atoms with E-state index in [4.69, 9.17) is 0 Å². The van der Waals surface area contributed by atoms with Crippen molar-refractivity contribution in [2.75, 3.05) is 6.54 Å². The summed E-state index contributed by atoms with van der Waals surface area (Å²) < 4.78 is 0. The molecule has 106 valence electrons. The number of hydrogen-bond donors (Lipinski definition) is 1. The van der Waals surface area contributed by atoms with Crippen molar-refractivity contribution >= 4 is 5.78 Å². The average molecular weight is 272 g/mol. The zero-order valence-corrected chi connectivity index (χ0v) is 11.3. The summed E-state index contributed by atoms with van der Waals surface area (Å²) in [5.41, 5.74) is -0.00273. The normalized spacial score (nSPS) is 40.1. The molecule has 2 aliphatic carbocycles. The van der Waals surface area contributed by atoms with Crippen molar-refractivity contribution in [1.82, 2.24) is 5.06 Å². The number of benzene rings is 1. The second-order valence-electron chi connectivity index (χ2n) is 6.37. The molecular weight excluding hydrogens is 254 g/mol. The van der Waals surface area contributed by atoms with Crippen LogP contribution < -0.4 is 0 Å². The van der Waals surface area contributed by atoms with Gasteiger partial charge in [-0.25, -0.2) is 0 Å². The lowest BCUT2D eigenvalue weighted by atomic mass is 9.49. The third-order valence-corrected chi connectivity index (χ3v) is 5.67. The van der Waals surface area contributed by atoms with Crippen molar-refractivity contribution in [3.63, 3.8) is 0 Å². The Kier molecular flexibility index (Phi) is 2.44. The monoisotopic (exact) mass is 272 g/mol. The van der Waals surface area contributed by atoms with Crippen LogP contribution in [-0.2, 0) is 16.6 Å². The summed E-state index contributed by atoms with van der Waals surface area (Å²) in [5.74, 6) is 0.122. The SMILES string of the molecule is O=C1CCC[C@@]2(O)[C@H]3Cc4ccccc4[C@@]12CCN3[O-]. The van der Waals surface area contributed by atoms with Gasteiger partial charge in [0.25, 0.3) is 0 Å². The molecule has 1 heterocycles. The number of Topliss-reactive ketones (excluding diaryl/α,β-unsaturated/α-hetero) is 1. The summed E-state index contributed by atoms with van der Waals surface area (Å²) in [7, 11) is 0. The van der Waals surface area contributed by atoms with Gasteiger partial charge in [-0.15, -0.1) is 0 Å². The quantitative estimate of drug-likeness (QED) is 0.778. The van der Waals surface area contributed by atoms with Gasteiger partial charge in [-0.05, 0) is 43.4 Å². The Morgan fingerprint density at radius 1 is 1.30 bits per heavy atom. The van der Waals surface area contributed by atoms with Gasteiger partial charge in [0.05, 0.1) is 11.0 Å². The van der Waals surface area contributed by atoms with E-state index < -0.39 is 17.1 Å². The molecule has 1 saturated heterocycles. The Bertz CT molecular complexity index is 587. The maximum absolute atomic E-state index is 12.8. The molecule has 3 aliphatic rings. The van der Waals surface area contributed by atoms with E-state index >= 15 is 0 Å². The standard InChI is InChI=1S/C16H18NO3/c18-14-6-3-7-16(19)13-10-11-4-1-2-5-12(11)15(14,16)8-9-17(13)20/h1-2,4-5,13,19H,3,6-10H2/q-1/t13-,15+,16-/m1/s1. The van der Waals surface area contributed by atoms with Gasteiger partial charge in [0.2, 0.25) is 0 Å². The van der Waals surface area contributed by atoms with E-state index in [2.05, 4.69) is 0 Å². The molecule has 3 atom stereocenters. The molecule has 4 heteroatoms. The van der Waals surface area contributed by atoms with Crippen LogP contribution in [0.25, 0.3) is 0 Å². The second kappa shape index (κ2) is 3.91. The molecular formula is C16H18NO3-. The molecule has 1 aliphatic heterocycles. The molecule has 0 radical (unpaired) electrons. The summed E-state index contributed by atoms with van der Waals surface area (Å²) >= 11 is 0. The van der Waals surface area contributed by atoms with Crippen molar-refractivity contribution < 1.29 is 9.90 Å². The van der Waals surface area contributed by atoms with Crippen LogP contribution in [0.3, 0.4) is 0 Å². The third-order valence-electron chi connectivity index (χ3n) is 5.67. The summed E-state index contributed by atoms with van der Waals surface area (Å²) in [4.78, 5) is 12.8. The van der Waals surface area contributed by atoms with Gasteiger partial charge in [0, 0.05) is 12.5 Å². The molecule has 2 fully saturated rings. The van der Waals surface area contributed by atoms with Crippen molar-refractivity contribution in [3.05, 3.63) is 40.6 Å². The largest absolute Gasteiger partial charge is 0.785 e. The number of carbonyl (C=O) groups excluding carboxylic acids is 1. The van der Waals surface area contributed by atoms with Gasteiger partial charge in [-0.3, -0.25) is 4.79 Å². The number of ketones is 1. The fourth-order valence-electron chi connectivity index (χ4n) is 4.78. The predicted molar refractivity (Wildman–Crippen MR) is 74.1 cm³/mol. The van der Waals surface area contributed by atoms with Crippen LogP contribution in [0.4, 0.5) is 0 Å². The summed E-state index contributed by atoms with van der Waals surface area (Å²) in [6, 6.07) is 7.36. The van der Waals surface area contributed by atoms with E-state index in [0.29, 0.717) is 38.6 Å². The molecule has 4 nitrogen and oxygen atoms in total. The van der Waals surface area contributed by atoms with Crippen LogP contribution in [0.1, 0.15) is 36.8 Å². The third kappa shape index (κ3) is 1.25. The van der Waals surface area contributed by atoms with Crippen molar-refractivity contribution in [3.8, 4) is 0 Å². The average Bonchev–Trinajstić information content (AvgIpc) is 2.43. The number of nitrogens with zero attached hydrogens (tertiary/aromatic N) is 1. The summed E-state index contributed by atoms with van der Waals surface area (Å²) in [6.45, 7) is 0.340. The Hall–Kier alpha value is -1.23. The number of rotatable bonds is 0. The molecule has 1 aromatic carbocycles. The van der Waals surface area contributed by atoms with E-state index in [1.165, 1.54) is 0 Å². The van der Waals surface area contributed by atoms with Crippen molar-refractivity contribution in [2.45, 2.75) is 49.2 Å². The molecule has 4 rings (SSSR count). The van der Waals surface area contributed by atoms with E-state index in [1.807, 2.05) is 24.3 Å². The Morgan fingerprint density at radius 3 is 2.95 bits per heavy atom. The second-order valence-corrected chi connectivity index (χ2v) is 6.37. The number of hydroxylamine groups is 2. The molecule has 0 spiro atoms. The minimum atomic E-state index is -1.18. The highest BCUT2D eigenvalue weighted by molar-refractivity contribution is 5.94. The van der Waals surface area contributed by atoms with Crippen molar-refractivity contribution in [1.29, 1.82) is 0 Å². The molecule has 0 amide bonds. The molecule has 1 aromatic rings. The minimum absolute atomic E-state index is 0.122. The number of hydrogen-bond acceptors (Lipinski definition) is 4. The van der Waals surface area contributed by atoms with E-state index in [1.54, 1.807) is 0 Å². The summed E-state index contributed by atoms with van der Waals surface area (Å²) in [5, 5.41) is 24.5. The highest BCUT2D eigenvalue weighted by Crippen LogP contribution is 2.56. The van der Waals surface area contributed by atoms with Gasteiger partial charge >= 0.3 is 0 Å². The van der Waals surface area contributed by atoms with Crippen LogP contribution >= 0.6 is 0 Å². The predicted octanol–water partition coefficient (Wildman–Crippen LogP) is 1.54. The molecule has 1 N–H and O–H groups in total. The number of aliphatic hydroxyl groups is 1. The fraction of sp³-hybridized carbons (Fsp3) is 0.562. The molecule has 1 saturated carbocycles. The fourth-order valence-corrected chi connectivity index (χ4v) is 4.78. The van der Waals surface area contributed by atoms with Crippen molar-refractivity contribution in [2.24, 2.45) is 0 Å². The first-order valence-electron chi connectivity index (χ1n) is 7.37. The Labute approximate surface area is 118 Å².